The standard InChI is InChI=1S/C49H60/c1-45(2,3)33-25-31(26-34(29-33)46(4,5)6)37-17-15-19-41-39(37)21-23-43(41)49(13,14)44-24-22-40-38(18-16-20-42(40)44)32-27-35(47(7,8)9)30-36(28-32)48(10,11)12/h15-30,43-44H,1-14H3. The number of fused-ring (bicyclic) bond motifs is 2. The molecule has 0 bridgehead atoms. The predicted molar refractivity (Wildman–Crippen MR) is 216 cm³/mol. The molecule has 256 valence electrons. The average Bonchev–Trinajstić information content (AvgIpc) is 3.64. The van der Waals surface area contributed by atoms with Gasteiger partial charge in [0.15, 0.2) is 0 Å². The van der Waals surface area contributed by atoms with Crippen LogP contribution in [0.1, 0.15) is 153 Å². The molecule has 0 saturated carbocycles. The Hall–Kier alpha value is -3.64. The smallest absolute Gasteiger partial charge is 0.00875 e. The summed E-state index contributed by atoms with van der Waals surface area (Å²) in [5.41, 5.74) is 16.9. The van der Waals surface area contributed by atoms with E-state index in [0.717, 1.165) is 0 Å². The summed E-state index contributed by atoms with van der Waals surface area (Å²) in [7, 11) is 0. The van der Waals surface area contributed by atoms with Gasteiger partial charge >= 0.3 is 0 Å². The Morgan fingerprint density at radius 1 is 0.388 bits per heavy atom. The van der Waals surface area contributed by atoms with Gasteiger partial charge in [0.05, 0.1) is 0 Å². The van der Waals surface area contributed by atoms with Gasteiger partial charge in [-0.05, 0) is 93.8 Å². The molecule has 0 heteroatoms. The van der Waals surface area contributed by atoms with Crippen LogP contribution < -0.4 is 0 Å². The largest absolute Gasteiger partial charge is 0.0758 e. The lowest BCUT2D eigenvalue weighted by molar-refractivity contribution is 0.292. The van der Waals surface area contributed by atoms with Crippen molar-refractivity contribution in [3.8, 4) is 22.3 Å². The molecule has 2 unspecified atom stereocenters. The van der Waals surface area contributed by atoms with E-state index in [1.165, 1.54) is 66.8 Å². The molecule has 0 aromatic heterocycles. The van der Waals surface area contributed by atoms with E-state index in [-0.39, 0.29) is 27.1 Å². The highest BCUT2D eigenvalue weighted by atomic mass is 14.4. The summed E-state index contributed by atoms with van der Waals surface area (Å²) >= 11 is 0. The van der Waals surface area contributed by atoms with Crippen LogP contribution in [0.3, 0.4) is 0 Å². The first-order chi connectivity index (χ1) is 22.6. The second-order valence-electron chi connectivity index (χ2n) is 19.7. The number of rotatable bonds is 4. The molecule has 0 radical (unpaired) electrons. The van der Waals surface area contributed by atoms with Crippen LogP contribution in [0, 0.1) is 5.41 Å². The van der Waals surface area contributed by atoms with Crippen LogP contribution >= 0.6 is 0 Å². The lowest BCUT2D eigenvalue weighted by Crippen LogP contribution is -2.26. The molecule has 0 nitrogen and oxygen atoms in total. The second-order valence-corrected chi connectivity index (χ2v) is 19.7. The number of hydrogen-bond donors (Lipinski definition) is 0. The fraction of sp³-hybridized carbons (Fsp3) is 0.429. The van der Waals surface area contributed by atoms with Crippen LogP contribution in [0.2, 0.25) is 0 Å². The summed E-state index contributed by atoms with van der Waals surface area (Å²) in [6, 6.07) is 28.6. The molecule has 0 N–H and O–H groups in total. The van der Waals surface area contributed by atoms with Gasteiger partial charge in [0.1, 0.15) is 0 Å². The number of hydrogen-bond acceptors (Lipinski definition) is 0. The first-order valence-corrected chi connectivity index (χ1v) is 18.5. The minimum Gasteiger partial charge on any atom is -0.0758 e. The molecule has 0 heterocycles. The van der Waals surface area contributed by atoms with Crippen LogP contribution in [-0.2, 0) is 21.7 Å². The quantitative estimate of drug-likeness (QED) is 0.207. The maximum absolute atomic E-state index is 2.49. The zero-order valence-corrected chi connectivity index (χ0v) is 32.9. The highest BCUT2D eigenvalue weighted by Crippen LogP contribution is 2.55. The van der Waals surface area contributed by atoms with E-state index in [0.29, 0.717) is 11.8 Å². The van der Waals surface area contributed by atoms with Crippen molar-refractivity contribution in [2.75, 3.05) is 0 Å². The van der Waals surface area contributed by atoms with Crippen molar-refractivity contribution in [2.24, 2.45) is 5.41 Å². The van der Waals surface area contributed by atoms with Crippen LogP contribution in [0.5, 0.6) is 0 Å². The molecule has 0 amide bonds. The predicted octanol–water partition coefficient (Wildman–Crippen LogP) is 14.2. The number of allylic oxidation sites excluding steroid dienone is 2. The molecule has 0 spiro atoms. The Kier molecular flexibility index (Phi) is 8.42. The third kappa shape index (κ3) is 6.54. The van der Waals surface area contributed by atoms with Crippen LogP contribution in [0.15, 0.2) is 84.9 Å². The van der Waals surface area contributed by atoms with E-state index in [1.807, 2.05) is 0 Å². The van der Waals surface area contributed by atoms with E-state index < -0.39 is 0 Å². The fourth-order valence-corrected chi connectivity index (χ4v) is 7.97. The number of benzene rings is 4. The minimum atomic E-state index is -0.0194. The second kappa shape index (κ2) is 11.7. The summed E-state index contributed by atoms with van der Waals surface area (Å²) < 4.78 is 0. The van der Waals surface area contributed by atoms with Gasteiger partial charge in [-0.3, -0.25) is 0 Å². The van der Waals surface area contributed by atoms with Crippen molar-refractivity contribution < 1.29 is 0 Å². The lowest BCUT2D eigenvalue weighted by Gasteiger charge is -2.37. The monoisotopic (exact) mass is 648 g/mol. The van der Waals surface area contributed by atoms with Crippen molar-refractivity contribution in [2.45, 2.75) is 130 Å². The zero-order valence-electron chi connectivity index (χ0n) is 32.9. The van der Waals surface area contributed by atoms with Gasteiger partial charge < -0.3 is 0 Å². The normalized spacial score (nSPS) is 17.8. The van der Waals surface area contributed by atoms with Gasteiger partial charge in [0.25, 0.3) is 0 Å². The van der Waals surface area contributed by atoms with Gasteiger partial charge in [-0.1, -0.05) is 194 Å². The Morgan fingerprint density at radius 3 is 0.980 bits per heavy atom. The summed E-state index contributed by atoms with van der Waals surface area (Å²) in [4.78, 5) is 0. The molecular weight excluding hydrogens is 589 g/mol. The van der Waals surface area contributed by atoms with Gasteiger partial charge in [0.2, 0.25) is 0 Å². The SMILES string of the molecule is CC(C)(C)c1cc(-c2cccc3c2C=CC3C(C)(C)C2C=Cc3c(-c4cc(C(C)(C)C)cc(C(C)(C)C)c4)cccc32)cc(C(C)(C)C)c1. The molecular formula is C49H60. The molecule has 2 atom stereocenters. The molecule has 0 saturated heterocycles. The van der Waals surface area contributed by atoms with Gasteiger partial charge in [-0.2, -0.15) is 0 Å². The summed E-state index contributed by atoms with van der Waals surface area (Å²) in [5, 5.41) is 0. The first-order valence-electron chi connectivity index (χ1n) is 18.5. The van der Waals surface area contributed by atoms with Crippen molar-refractivity contribution >= 4 is 12.2 Å². The molecule has 6 rings (SSSR count). The van der Waals surface area contributed by atoms with E-state index in [1.54, 1.807) is 0 Å². The topological polar surface area (TPSA) is 0 Å². The molecule has 0 aliphatic heterocycles. The highest BCUT2D eigenvalue weighted by Gasteiger charge is 2.42. The molecule has 49 heavy (non-hydrogen) atoms. The Balaban J connectivity index is 1.41. The van der Waals surface area contributed by atoms with Gasteiger partial charge in [-0.15, -0.1) is 0 Å². The summed E-state index contributed by atoms with van der Waals surface area (Å²) in [6.07, 6.45) is 9.81. The third-order valence-electron chi connectivity index (χ3n) is 11.4. The zero-order chi connectivity index (χ0) is 35.9. The highest BCUT2D eigenvalue weighted by molar-refractivity contribution is 5.83. The average molecular weight is 649 g/mol. The third-order valence-corrected chi connectivity index (χ3v) is 11.4. The Morgan fingerprint density at radius 2 is 0.694 bits per heavy atom. The van der Waals surface area contributed by atoms with Crippen molar-refractivity contribution in [1.82, 2.24) is 0 Å². The fourth-order valence-electron chi connectivity index (χ4n) is 7.97. The lowest BCUT2D eigenvalue weighted by atomic mass is 9.66. The van der Waals surface area contributed by atoms with Gasteiger partial charge in [-0.25, -0.2) is 0 Å². The summed E-state index contributed by atoms with van der Waals surface area (Å²) in [5.74, 6) is 0.632. The van der Waals surface area contributed by atoms with Crippen molar-refractivity contribution in [1.29, 1.82) is 0 Å². The Labute approximate surface area is 298 Å². The van der Waals surface area contributed by atoms with E-state index in [9.17, 15) is 0 Å². The van der Waals surface area contributed by atoms with Crippen molar-refractivity contribution in [3.63, 3.8) is 0 Å². The molecule has 2 aliphatic carbocycles. The molecule has 4 aromatic carbocycles. The van der Waals surface area contributed by atoms with Crippen molar-refractivity contribution in [3.05, 3.63) is 129 Å². The maximum Gasteiger partial charge on any atom is 0.00875 e. The van der Waals surface area contributed by atoms with E-state index in [4.69, 9.17) is 0 Å². The first kappa shape index (κ1) is 35.2. The van der Waals surface area contributed by atoms with Crippen LogP contribution in [0.25, 0.3) is 34.4 Å². The minimum absolute atomic E-state index is 0.0194. The van der Waals surface area contributed by atoms with Crippen LogP contribution in [0.4, 0.5) is 0 Å². The molecule has 0 fully saturated rings. The van der Waals surface area contributed by atoms with Crippen LogP contribution in [-0.4, -0.2) is 0 Å². The van der Waals surface area contributed by atoms with Gasteiger partial charge in [0, 0.05) is 11.8 Å². The summed E-state index contributed by atoms with van der Waals surface area (Å²) in [6.45, 7) is 32.9. The molecule has 4 aromatic rings. The Bertz CT molecular complexity index is 1750. The molecule has 2 aliphatic rings. The van der Waals surface area contributed by atoms with E-state index >= 15 is 0 Å². The van der Waals surface area contributed by atoms with E-state index in [2.05, 4.69) is 194 Å². The maximum atomic E-state index is 2.49.